The summed E-state index contributed by atoms with van der Waals surface area (Å²) in [6.07, 6.45) is -0.485. The molecular formula is C16H9ClF3N5O. The number of fused-ring (bicyclic) bond motifs is 3. The Morgan fingerprint density at radius 3 is 2.73 bits per heavy atom. The van der Waals surface area contributed by atoms with Crippen molar-refractivity contribution in [3.8, 4) is 11.3 Å². The van der Waals surface area contributed by atoms with E-state index in [1.54, 1.807) is 12.1 Å². The number of nitrogens with zero attached hydrogens (tertiary/aromatic N) is 4. The van der Waals surface area contributed by atoms with E-state index in [4.69, 9.17) is 11.6 Å². The molecule has 0 radical (unpaired) electrons. The quantitative estimate of drug-likeness (QED) is 0.540. The van der Waals surface area contributed by atoms with Crippen LogP contribution in [0.4, 0.5) is 13.2 Å². The van der Waals surface area contributed by atoms with E-state index < -0.39 is 18.3 Å². The Hall–Kier alpha value is -2.94. The van der Waals surface area contributed by atoms with E-state index in [0.717, 1.165) is 0 Å². The number of hydrogen-bond donors (Lipinski definition) is 1. The number of halogens is 4. The number of H-pyrrole nitrogens is 1. The van der Waals surface area contributed by atoms with Gasteiger partial charge in [0.2, 0.25) is 0 Å². The van der Waals surface area contributed by atoms with Gasteiger partial charge in [0.15, 0.2) is 0 Å². The largest absolute Gasteiger partial charge is 0.406 e. The summed E-state index contributed by atoms with van der Waals surface area (Å²) < 4.78 is 39.8. The highest BCUT2D eigenvalue weighted by Gasteiger charge is 2.30. The van der Waals surface area contributed by atoms with Gasteiger partial charge in [-0.25, -0.2) is 4.98 Å². The standard InChI is InChI=1S/C16H9ClF3N5O/c17-14-8(2-1-3-21-14)11-4-12-9(5-22-11)13-10(6-23-24-13)15(26)25(12)7-16(18,19)20/h1-6H,7H2,(H,23,24). The van der Waals surface area contributed by atoms with Crippen LogP contribution in [-0.4, -0.2) is 30.9 Å². The molecule has 0 aliphatic carbocycles. The van der Waals surface area contributed by atoms with E-state index in [9.17, 15) is 18.0 Å². The van der Waals surface area contributed by atoms with Crippen LogP contribution in [0.15, 0.2) is 41.6 Å². The fourth-order valence-corrected chi connectivity index (χ4v) is 3.05. The van der Waals surface area contributed by atoms with Gasteiger partial charge in [-0.1, -0.05) is 11.6 Å². The third kappa shape index (κ3) is 2.70. The van der Waals surface area contributed by atoms with E-state index in [1.165, 1.54) is 24.7 Å². The molecule has 26 heavy (non-hydrogen) atoms. The average Bonchev–Trinajstić information content (AvgIpc) is 3.08. The number of aromatic amines is 1. The van der Waals surface area contributed by atoms with Gasteiger partial charge < -0.3 is 0 Å². The van der Waals surface area contributed by atoms with Crippen molar-refractivity contribution in [1.29, 1.82) is 0 Å². The van der Waals surface area contributed by atoms with E-state index >= 15 is 0 Å². The van der Waals surface area contributed by atoms with Crippen molar-refractivity contribution in [1.82, 2.24) is 24.7 Å². The summed E-state index contributed by atoms with van der Waals surface area (Å²) >= 11 is 6.05. The van der Waals surface area contributed by atoms with Crippen LogP contribution in [0.25, 0.3) is 33.1 Å². The van der Waals surface area contributed by atoms with Crippen LogP contribution in [-0.2, 0) is 6.54 Å². The van der Waals surface area contributed by atoms with E-state index in [2.05, 4.69) is 20.2 Å². The van der Waals surface area contributed by atoms with Crippen LogP contribution >= 0.6 is 11.6 Å². The van der Waals surface area contributed by atoms with Gasteiger partial charge in [0.05, 0.1) is 28.3 Å². The van der Waals surface area contributed by atoms with Crippen LogP contribution in [0, 0.1) is 0 Å². The zero-order valence-electron chi connectivity index (χ0n) is 12.9. The van der Waals surface area contributed by atoms with Crippen LogP contribution in [0.5, 0.6) is 0 Å². The van der Waals surface area contributed by atoms with E-state index in [1.807, 2.05) is 0 Å². The van der Waals surface area contributed by atoms with Gasteiger partial charge in [0, 0.05) is 23.3 Å². The second kappa shape index (κ2) is 5.80. The van der Waals surface area contributed by atoms with Gasteiger partial charge in [0.25, 0.3) is 5.56 Å². The Kier molecular flexibility index (Phi) is 3.69. The third-order valence-corrected chi connectivity index (χ3v) is 4.23. The van der Waals surface area contributed by atoms with Gasteiger partial charge in [-0.3, -0.25) is 19.4 Å². The van der Waals surface area contributed by atoms with Crippen molar-refractivity contribution in [2.75, 3.05) is 0 Å². The Balaban J connectivity index is 2.08. The molecule has 132 valence electrons. The molecule has 0 aliphatic heterocycles. The second-order valence-electron chi connectivity index (χ2n) is 5.59. The molecule has 4 aromatic rings. The van der Waals surface area contributed by atoms with Crippen molar-refractivity contribution in [3.63, 3.8) is 0 Å². The fraction of sp³-hybridized carbons (Fsp3) is 0.125. The Morgan fingerprint density at radius 2 is 2.00 bits per heavy atom. The maximum absolute atomic E-state index is 13.0. The molecule has 6 nitrogen and oxygen atoms in total. The van der Waals surface area contributed by atoms with Crippen molar-refractivity contribution in [2.45, 2.75) is 12.7 Å². The Labute approximate surface area is 148 Å². The zero-order chi connectivity index (χ0) is 18.5. The highest BCUT2D eigenvalue weighted by atomic mass is 35.5. The maximum atomic E-state index is 13.0. The number of aromatic nitrogens is 5. The zero-order valence-corrected chi connectivity index (χ0v) is 13.6. The van der Waals surface area contributed by atoms with Crippen LogP contribution in [0.3, 0.4) is 0 Å². The Morgan fingerprint density at radius 1 is 1.19 bits per heavy atom. The summed E-state index contributed by atoms with van der Waals surface area (Å²) in [6, 6.07) is 4.67. The first-order chi connectivity index (χ1) is 12.3. The highest BCUT2D eigenvalue weighted by molar-refractivity contribution is 6.32. The summed E-state index contributed by atoms with van der Waals surface area (Å²) in [4.78, 5) is 20.7. The van der Waals surface area contributed by atoms with Crippen LogP contribution < -0.4 is 5.56 Å². The molecule has 0 atom stereocenters. The van der Waals surface area contributed by atoms with Gasteiger partial charge in [-0.2, -0.15) is 18.3 Å². The average molecular weight is 380 g/mol. The van der Waals surface area contributed by atoms with Gasteiger partial charge >= 0.3 is 6.18 Å². The third-order valence-electron chi connectivity index (χ3n) is 3.93. The molecule has 0 saturated carbocycles. The summed E-state index contributed by atoms with van der Waals surface area (Å²) in [6.45, 7) is -1.42. The summed E-state index contributed by atoms with van der Waals surface area (Å²) in [7, 11) is 0. The minimum atomic E-state index is -4.57. The number of nitrogens with one attached hydrogen (secondary N) is 1. The lowest BCUT2D eigenvalue weighted by Gasteiger charge is -2.14. The van der Waals surface area contributed by atoms with Crippen molar-refractivity contribution < 1.29 is 13.2 Å². The molecular weight excluding hydrogens is 371 g/mol. The molecule has 0 saturated heterocycles. The lowest BCUT2D eigenvalue weighted by atomic mass is 10.1. The molecule has 4 rings (SSSR count). The molecule has 10 heteroatoms. The number of pyridine rings is 3. The van der Waals surface area contributed by atoms with Crippen LogP contribution in [0.2, 0.25) is 5.15 Å². The number of alkyl halides is 3. The highest BCUT2D eigenvalue weighted by Crippen LogP contribution is 2.29. The molecule has 0 amide bonds. The maximum Gasteiger partial charge on any atom is 0.406 e. The lowest BCUT2D eigenvalue weighted by Crippen LogP contribution is -2.28. The SMILES string of the molecule is O=c1c2cn[nH]c2c2cnc(-c3cccnc3Cl)cc2n1CC(F)(F)F. The molecule has 0 bridgehead atoms. The minimum absolute atomic E-state index is 0.0655. The number of rotatable bonds is 2. The predicted octanol–water partition coefficient (Wildman–Crippen LogP) is 3.55. The molecule has 1 N–H and O–H groups in total. The molecule has 4 heterocycles. The molecule has 0 aromatic carbocycles. The first-order valence-electron chi connectivity index (χ1n) is 7.38. The first kappa shape index (κ1) is 16.5. The van der Waals surface area contributed by atoms with Gasteiger partial charge in [-0.05, 0) is 18.2 Å². The Bertz CT molecular complexity index is 1200. The van der Waals surface area contributed by atoms with Crippen molar-refractivity contribution in [3.05, 3.63) is 52.3 Å². The monoisotopic (exact) mass is 379 g/mol. The number of hydrogen-bond acceptors (Lipinski definition) is 4. The first-order valence-corrected chi connectivity index (χ1v) is 7.76. The smallest absolute Gasteiger partial charge is 0.298 e. The molecule has 4 aromatic heterocycles. The molecule has 0 unspecified atom stereocenters. The topological polar surface area (TPSA) is 76.5 Å². The van der Waals surface area contributed by atoms with Crippen LogP contribution in [0.1, 0.15) is 0 Å². The van der Waals surface area contributed by atoms with Crippen molar-refractivity contribution in [2.24, 2.45) is 0 Å². The lowest BCUT2D eigenvalue weighted by molar-refractivity contribution is -0.140. The normalized spacial score (nSPS) is 12.2. The summed E-state index contributed by atoms with van der Waals surface area (Å²) in [5.74, 6) is 0. The fourth-order valence-electron chi connectivity index (χ4n) is 2.83. The predicted molar refractivity (Wildman–Crippen MR) is 90.0 cm³/mol. The summed E-state index contributed by atoms with van der Waals surface area (Å²) in [5.41, 5.74) is 0.387. The van der Waals surface area contributed by atoms with Gasteiger partial charge in [0.1, 0.15) is 11.7 Å². The molecule has 0 aliphatic rings. The van der Waals surface area contributed by atoms with Gasteiger partial charge in [-0.15, -0.1) is 0 Å². The summed E-state index contributed by atoms with van der Waals surface area (Å²) in [5, 5.41) is 6.98. The molecule has 0 fully saturated rings. The second-order valence-corrected chi connectivity index (χ2v) is 5.95. The van der Waals surface area contributed by atoms with E-state index in [0.29, 0.717) is 26.7 Å². The van der Waals surface area contributed by atoms with E-state index in [-0.39, 0.29) is 16.1 Å². The van der Waals surface area contributed by atoms with Crippen molar-refractivity contribution >= 4 is 33.4 Å². The minimum Gasteiger partial charge on any atom is -0.298 e. The molecule has 0 spiro atoms.